The molecule has 2 N–H and O–H groups in total. The molecule has 2 amide bonds. The van der Waals surface area contributed by atoms with Gasteiger partial charge >= 0.3 is 0 Å². The number of aryl methyl sites for hydroxylation is 1. The van der Waals surface area contributed by atoms with Crippen LogP contribution in [0.1, 0.15) is 56.9 Å². The van der Waals surface area contributed by atoms with Crippen LogP contribution in [0.15, 0.2) is 18.2 Å². The van der Waals surface area contributed by atoms with Crippen LogP contribution in [0.3, 0.4) is 0 Å². The molecule has 4 aliphatic carbocycles. The number of anilines is 2. The predicted octanol–water partition coefficient (Wildman–Crippen LogP) is 3.51. The van der Waals surface area contributed by atoms with Crippen LogP contribution in [-0.4, -0.2) is 44.0 Å². The van der Waals surface area contributed by atoms with Crippen LogP contribution in [0.4, 0.5) is 11.4 Å². The second kappa shape index (κ2) is 7.75. The minimum absolute atomic E-state index is 0.185. The topological polar surface area (TPSA) is 95.6 Å². The van der Waals surface area contributed by atoms with Crippen LogP contribution in [0.25, 0.3) is 0 Å². The monoisotopic (exact) mass is 459 g/mol. The minimum Gasteiger partial charge on any atom is -0.330 e. The van der Waals surface area contributed by atoms with Gasteiger partial charge in [-0.15, -0.1) is 0 Å². The summed E-state index contributed by atoms with van der Waals surface area (Å²) >= 11 is 0. The Bertz CT molecular complexity index is 1020. The van der Waals surface area contributed by atoms with Crippen molar-refractivity contribution >= 4 is 33.2 Å². The minimum atomic E-state index is -3.42. The molecule has 4 bridgehead atoms. The van der Waals surface area contributed by atoms with Gasteiger partial charge in [-0.25, -0.2) is 8.42 Å². The number of hydrogen-bond donors (Lipinski definition) is 2. The Morgan fingerprint density at radius 1 is 1.06 bits per heavy atom. The highest BCUT2D eigenvalue weighted by molar-refractivity contribution is 7.92. The van der Waals surface area contributed by atoms with Gasteiger partial charge in [0.25, 0.3) is 0 Å². The lowest BCUT2D eigenvalue weighted by molar-refractivity contribution is -0.160. The maximum Gasteiger partial charge on any atom is 0.247 e. The molecule has 1 aliphatic heterocycles. The smallest absolute Gasteiger partial charge is 0.247 e. The first-order valence-electron chi connectivity index (χ1n) is 11.8. The molecule has 7 nitrogen and oxygen atoms in total. The van der Waals surface area contributed by atoms with E-state index in [1.807, 2.05) is 11.8 Å². The van der Waals surface area contributed by atoms with Crippen LogP contribution in [0.5, 0.6) is 0 Å². The summed E-state index contributed by atoms with van der Waals surface area (Å²) in [5, 5.41) is 2.93. The largest absolute Gasteiger partial charge is 0.330 e. The summed E-state index contributed by atoms with van der Waals surface area (Å²) in [7, 11) is -3.42. The lowest BCUT2D eigenvalue weighted by atomic mass is 9.49. The molecule has 4 saturated carbocycles. The number of rotatable bonds is 5. The average Bonchev–Trinajstić information content (AvgIpc) is 3.17. The summed E-state index contributed by atoms with van der Waals surface area (Å²) in [5.41, 5.74) is 1.50. The fraction of sp³-hybridized carbons (Fsp3) is 0.667. The predicted molar refractivity (Wildman–Crippen MR) is 124 cm³/mol. The number of nitrogens with zero attached hydrogens (tertiary/aromatic N) is 1. The second-order valence-electron chi connectivity index (χ2n) is 10.7. The molecule has 1 aromatic rings. The van der Waals surface area contributed by atoms with E-state index in [2.05, 4.69) is 10.0 Å². The van der Waals surface area contributed by atoms with E-state index >= 15 is 0 Å². The van der Waals surface area contributed by atoms with Crippen molar-refractivity contribution in [1.29, 1.82) is 0 Å². The van der Waals surface area contributed by atoms with E-state index in [1.165, 1.54) is 19.3 Å². The van der Waals surface area contributed by atoms with Crippen molar-refractivity contribution in [2.45, 2.75) is 64.3 Å². The van der Waals surface area contributed by atoms with Crippen LogP contribution < -0.4 is 10.0 Å². The van der Waals surface area contributed by atoms with E-state index in [0.717, 1.165) is 37.5 Å². The summed E-state index contributed by atoms with van der Waals surface area (Å²) in [5.74, 6) is 2.09. The SMILES string of the molecule is Cc1ccc(NC(=O)C2CCCN2C(=O)C23CC4CC(CC(C4)C2)C3)cc1NS(C)(=O)=O. The van der Waals surface area contributed by atoms with Crippen molar-refractivity contribution in [2.75, 3.05) is 22.8 Å². The molecule has 1 atom stereocenters. The fourth-order valence-corrected chi connectivity index (χ4v) is 7.81. The van der Waals surface area contributed by atoms with Gasteiger partial charge in [-0.05, 0) is 93.7 Å². The highest BCUT2D eigenvalue weighted by Crippen LogP contribution is 2.60. The maximum atomic E-state index is 13.8. The third-order valence-corrected chi connectivity index (χ3v) is 8.70. The van der Waals surface area contributed by atoms with Crippen molar-refractivity contribution in [3.63, 3.8) is 0 Å². The molecule has 32 heavy (non-hydrogen) atoms. The van der Waals surface area contributed by atoms with Gasteiger partial charge in [-0.1, -0.05) is 6.07 Å². The number of amides is 2. The number of benzene rings is 1. The molecule has 1 heterocycles. The second-order valence-corrected chi connectivity index (χ2v) is 12.5. The van der Waals surface area contributed by atoms with Gasteiger partial charge < -0.3 is 10.2 Å². The Balaban J connectivity index is 1.31. The number of carbonyl (C=O) groups excluding carboxylic acids is 2. The highest BCUT2D eigenvalue weighted by Gasteiger charge is 2.56. The summed E-state index contributed by atoms with van der Waals surface area (Å²) in [4.78, 5) is 28.8. The first kappa shape index (κ1) is 21.7. The van der Waals surface area contributed by atoms with Gasteiger partial charge in [0.1, 0.15) is 6.04 Å². The molecule has 5 fully saturated rings. The number of likely N-dealkylation sites (tertiary alicyclic amines) is 1. The number of sulfonamides is 1. The molecule has 174 valence electrons. The van der Waals surface area contributed by atoms with Gasteiger partial charge in [0.15, 0.2) is 0 Å². The van der Waals surface area contributed by atoms with Gasteiger partial charge in [-0.2, -0.15) is 0 Å². The van der Waals surface area contributed by atoms with E-state index < -0.39 is 16.1 Å². The van der Waals surface area contributed by atoms with Crippen molar-refractivity contribution in [2.24, 2.45) is 23.2 Å². The zero-order valence-corrected chi connectivity index (χ0v) is 19.7. The van der Waals surface area contributed by atoms with Gasteiger partial charge in [0.2, 0.25) is 21.8 Å². The molecule has 6 rings (SSSR count). The average molecular weight is 460 g/mol. The van der Waals surface area contributed by atoms with E-state index in [-0.39, 0.29) is 17.2 Å². The zero-order chi connectivity index (χ0) is 22.7. The van der Waals surface area contributed by atoms with E-state index in [9.17, 15) is 18.0 Å². The molecule has 0 spiro atoms. The van der Waals surface area contributed by atoms with Crippen molar-refractivity contribution in [3.05, 3.63) is 23.8 Å². The first-order valence-corrected chi connectivity index (χ1v) is 13.7. The van der Waals surface area contributed by atoms with Gasteiger partial charge in [-0.3, -0.25) is 14.3 Å². The third-order valence-electron chi connectivity index (χ3n) is 8.11. The van der Waals surface area contributed by atoms with Crippen LogP contribution in [-0.2, 0) is 19.6 Å². The Morgan fingerprint density at radius 3 is 2.28 bits per heavy atom. The van der Waals surface area contributed by atoms with E-state index in [1.54, 1.807) is 18.2 Å². The Hall–Kier alpha value is -2.09. The zero-order valence-electron chi connectivity index (χ0n) is 18.9. The van der Waals surface area contributed by atoms with Crippen LogP contribution in [0.2, 0.25) is 0 Å². The summed E-state index contributed by atoms with van der Waals surface area (Å²) in [6.45, 7) is 2.45. The van der Waals surface area contributed by atoms with Crippen molar-refractivity contribution in [1.82, 2.24) is 4.90 Å². The summed E-state index contributed by atoms with van der Waals surface area (Å²) in [6.07, 6.45) is 9.47. The quantitative estimate of drug-likeness (QED) is 0.704. The van der Waals surface area contributed by atoms with E-state index in [4.69, 9.17) is 0 Å². The number of nitrogens with one attached hydrogen (secondary N) is 2. The Morgan fingerprint density at radius 2 is 1.69 bits per heavy atom. The van der Waals surface area contributed by atoms with E-state index in [0.29, 0.717) is 42.1 Å². The normalized spacial score (nSPS) is 33.4. The summed E-state index contributed by atoms with van der Waals surface area (Å²) in [6, 6.07) is 4.72. The molecular weight excluding hydrogens is 426 g/mol. The maximum absolute atomic E-state index is 13.8. The first-order chi connectivity index (χ1) is 15.1. The lowest BCUT2D eigenvalue weighted by Gasteiger charge is -2.56. The molecular formula is C24H33N3O4S. The van der Waals surface area contributed by atoms with Gasteiger partial charge in [0.05, 0.1) is 17.4 Å². The lowest BCUT2D eigenvalue weighted by Crippen LogP contribution is -2.56. The Kier molecular flexibility index (Phi) is 5.26. The third kappa shape index (κ3) is 4.02. The molecule has 0 aromatic heterocycles. The van der Waals surface area contributed by atoms with Crippen LogP contribution in [0, 0.1) is 30.1 Å². The number of hydrogen-bond acceptors (Lipinski definition) is 4. The van der Waals surface area contributed by atoms with Crippen molar-refractivity contribution in [3.8, 4) is 0 Å². The Labute approximate surface area is 190 Å². The molecule has 1 aromatic carbocycles. The standard InChI is InChI=1S/C24H33N3O4S/c1-15-5-6-19(11-20(15)26-32(2,30)31)25-22(28)21-4-3-7-27(21)23(29)24-12-16-8-17(13-24)10-18(9-16)14-24/h5-6,11,16-18,21,26H,3-4,7-10,12-14H2,1-2H3,(H,25,28). The van der Waals surface area contributed by atoms with Crippen LogP contribution >= 0.6 is 0 Å². The molecule has 5 aliphatic rings. The fourth-order valence-electron chi connectivity index (χ4n) is 7.19. The summed E-state index contributed by atoms with van der Waals surface area (Å²) < 4.78 is 25.8. The number of carbonyl (C=O) groups is 2. The van der Waals surface area contributed by atoms with Gasteiger partial charge in [0, 0.05) is 12.2 Å². The highest BCUT2D eigenvalue weighted by atomic mass is 32.2. The molecule has 1 unspecified atom stereocenters. The van der Waals surface area contributed by atoms with Crippen molar-refractivity contribution < 1.29 is 18.0 Å². The molecule has 1 saturated heterocycles. The molecule has 8 heteroatoms. The molecule has 0 radical (unpaired) electrons.